The molecule has 0 atom stereocenters. The minimum absolute atomic E-state index is 0.731. The zero-order valence-electron chi connectivity index (χ0n) is 16.2. The van der Waals surface area contributed by atoms with Gasteiger partial charge in [0.15, 0.2) is 5.65 Å². The third-order valence-corrected chi connectivity index (χ3v) is 5.41. The number of hydrogen-bond acceptors (Lipinski definition) is 5. The molecule has 0 bridgehead atoms. The topological polar surface area (TPSA) is 55.5 Å². The molecule has 6 nitrogen and oxygen atoms in total. The third-order valence-electron chi connectivity index (χ3n) is 5.41. The average Bonchev–Trinajstić information content (AvgIpc) is 3.07. The molecule has 0 aliphatic carbocycles. The lowest BCUT2D eigenvalue weighted by atomic mass is 9.97. The predicted octanol–water partition coefficient (Wildman–Crippen LogP) is 3.52. The molecule has 0 saturated carbocycles. The highest BCUT2D eigenvalue weighted by Gasteiger charge is 2.23. The van der Waals surface area contributed by atoms with Crippen molar-refractivity contribution in [2.45, 2.75) is 20.4 Å². The molecule has 3 aromatic rings. The summed E-state index contributed by atoms with van der Waals surface area (Å²) in [5.74, 6) is 0.969. The summed E-state index contributed by atoms with van der Waals surface area (Å²) < 4.78 is 7.82. The highest BCUT2D eigenvalue weighted by atomic mass is 16.5. The Kier molecular flexibility index (Phi) is 4.20. The Morgan fingerprint density at radius 1 is 1.07 bits per heavy atom. The smallest absolute Gasteiger partial charge is 0.208 e. The first-order valence-electron chi connectivity index (χ1n) is 9.70. The molecule has 0 amide bonds. The van der Waals surface area contributed by atoms with Crippen molar-refractivity contribution < 1.29 is 4.74 Å². The molecule has 0 spiro atoms. The zero-order chi connectivity index (χ0) is 19.1. The average molecular weight is 373 g/mol. The summed E-state index contributed by atoms with van der Waals surface area (Å²) in [5.41, 5.74) is 7.55. The monoisotopic (exact) mass is 373 g/mol. The van der Waals surface area contributed by atoms with Gasteiger partial charge < -0.3 is 14.2 Å². The minimum atomic E-state index is 0.731. The summed E-state index contributed by atoms with van der Waals surface area (Å²) in [4.78, 5) is 16.3. The number of pyridine rings is 1. The number of imidazole rings is 1. The fourth-order valence-corrected chi connectivity index (χ4v) is 4.05. The van der Waals surface area contributed by atoms with E-state index in [2.05, 4.69) is 44.8 Å². The van der Waals surface area contributed by atoms with Gasteiger partial charge in [0.2, 0.25) is 5.95 Å². The van der Waals surface area contributed by atoms with Crippen LogP contribution in [0.25, 0.3) is 16.7 Å². The number of anilines is 1. The van der Waals surface area contributed by atoms with Crippen LogP contribution in [0.15, 0.2) is 53.3 Å². The highest BCUT2D eigenvalue weighted by molar-refractivity contribution is 6.28. The van der Waals surface area contributed by atoms with E-state index in [0.29, 0.717) is 0 Å². The van der Waals surface area contributed by atoms with Gasteiger partial charge in [-0.2, -0.15) is 4.98 Å². The lowest BCUT2D eigenvalue weighted by Gasteiger charge is -2.28. The van der Waals surface area contributed by atoms with Crippen molar-refractivity contribution in [3.05, 3.63) is 59.4 Å². The number of hydrogen-bond donors (Lipinski definition) is 0. The largest absolute Gasteiger partial charge is 0.378 e. The maximum absolute atomic E-state index is 5.54. The lowest BCUT2D eigenvalue weighted by molar-refractivity contribution is 0.121. The van der Waals surface area contributed by atoms with Crippen molar-refractivity contribution in [3.63, 3.8) is 0 Å². The van der Waals surface area contributed by atoms with Gasteiger partial charge in [-0.25, -0.2) is 4.98 Å². The van der Waals surface area contributed by atoms with Crippen molar-refractivity contribution in [1.82, 2.24) is 14.5 Å². The van der Waals surface area contributed by atoms with Gasteiger partial charge in [0, 0.05) is 41.8 Å². The third kappa shape index (κ3) is 2.90. The second kappa shape index (κ2) is 6.87. The maximum atomic E-state index is 5.54. The number of aromatic nitrogens is 3. The Morgan fingerprint density at radius 2 is 1.86 bits per heavy atom. The van der Waals surface area contributed by atoms with Crippen LogP contribution in [0.5, 0.6) is 0 Å². The molecule has 0 N–H and O–H groups in total. The molecule has 5 rings (SSSR count). The van der Waals surface area contributed by atoms with E-state index >= 15 is 0 Å². The first-order valence-corrected chi connectivity index (χ1v) is 9.70. The van der Waals surface area contributed by atoms with Crippen LogP contribution in [0.1, 0.15) is 25.0 Å². The van der Waals surface area contributed by atoms with E-state index in [1.165, 1.54) is 11.1 Å². The van der Waals surface area contributed by atoms with E-state index in [1.807, 2.05) is 26.1 Å². The first kappa shape index (κ1) is 17.1. The summed E-state index contributed by atoms with van der Waals surface area (Å²) in [7, 11) is 0. The van der Waals surface area contributed by atoms with Crippen molar-refractivity contribution in [1.29, 1.82) is 0 Å². The van der Waals surface area contributed by atoms with Crippen LogP contribution in [-0.2, 0) is 11.3 Å². The second-order valence-electron chi connectivity index (χ2n) is 7.31. The van der Waals surface area contributed by atoms with Crippen molar-refractivity contribution in [2.24, 2.45) is 4.99 Å². The van der Waals surface area contributed by atoms with E-state index in [4.69, 9.17) is 14.7 Å². The number of nitrogens with zero attached hydrogens (tertiary/aromatic N) is 5. The van der Waals surface area contributed by atoms with Gasteiger partial charge in [0.1, 0.15) is 0 Å². The lowest BCUT2D eigenvalue weighted by Crippen LogP contribution is -2.38. The number of rotatable bonds is 4. The zero-order valence-corrected chi connectivity index (χ0v) is 16.2. The van der Waals surface area contributed by atoms with Crippen LogP contribution in [0.3, 0.4) is 0 Å². The van der Waals surface area contributed by atoms with E-state index in [1.54, 1.807) is 0 Å². The summed E-state index contributed by atoms with van der Waals surface area (Å²) >= 11 is 0. The molecule has 142 valence electrons. The molecule has 6 heteroatoms. The Labute approximate surface area is 164 Å². The molecule has 28 heavy (non-hydrogen) atoms. The molecule has 4 heterocycles. The molecule has 0 unspecified atom stereocenters. The highest BCUT2D eigenvalue weighted by Crippen LogP contribution is 2.32. The molecule has 1 saturated heterocycles. The number of morpholine rings is 1. The van der Waals surface area contributed by atoms with Gasteiger partial charge in [-0.1, -0.05) is 30.3 Å². The van der Waals surface area contributed by atoms with Crippen LogP contribution < -0.4 is 4.90 Å². The van der Waals surface area contributed by atoms with Gasteiger partial charge >= 0.3 is 0 Å². The number of allylic oxidation sites excluding steroid dienone is 2. The van der Waals surface area contributed by atoms with Crippen molar-refractivity contribution >= 4 is 28.4 Å². The summed E-state index contributed by atoms with van der Waals surface area (Å²) in [6.07, 6.45) is 1.92. The van der Waals surface area contributed by atoms with Crippen LogP contribution in [0.2, 0.25) is 0 Å². The SMILES string of the molecule is CC1=NC(C)=C1c1cnc2nc(N3CCOCC3)n(Cc3ccccc3)c2c1. The molecule has 2 aromatic heterocycles. The minimum Gasteiger partial charge on any atom is -0.378 e. The summed E-state index contributed by atoms with van der Waals surface area (Å²) in [6.45, 7) is 8.02. The quantitative estimate of drug-likeness (QED) is 0.702. The predicted molar refractivity (Wildman–Crippen MR) is 112 cm³/mol. The molecule has 2 aliphatic heterocycles. The van der Waals surface area contributed by atoms with E-state index in [9.17, 15) is 0 Å². The molecule has 0 radical (unpaired) electrons. The van der Waals surface area contributed by atoms with Crippen LogP contribution in [0.4, 0.5) is 5.95 Å². The number of ether oxygens (including phenoxy) is 1. The van der Waals surface area contributed by atoms with Gasteiger partial charge in [-0.3, -0.25) is 4.99 Å². The summed E-state index contributed by atoms with van der Waals surface area (Å²) in [5, 5.41) is 0. The van der Waals surface area contributed by atoms with Crippen molar-refractivity contribution in [2.75, 3.05) is 31.2 Å². The van der Waals surface area contributed by atoms with Crippen LogP contribution >= 0.6 is 0 Å². The fourth-order valence-electron chi connectivity index (χ4n) is 4.05. The van der Waals surface area contributed by atoms with Gasteiger partial charge in [-0.05, 0) is 25.5 Å². The van der Waals surface area contributed by atoms with E-state index < -0.39 is 0 Å². The number of fused-ring (bicyclic) bond motifs is 1. The Morgan fingerprint density at radius 3 is 2.57 bits per heavy atom. The van der Waals surface area contributed by atoms with Crippen molar-refractivity contribution in [3.8, 4) is 0 Å². The van der Waals surface area contributed by atoms with Gasteiger partial charge in [-0.15, -0.1) is 0 Å². The Balaban J connectivity index is 1.63. The maximum Gasteiger partial charge on any atom is 0.208 e. The van der Waals surface area contributed by atoms with Gasteiger partial charge in [0.25, 0.3) is 0 Å². The van der Waals surface area contributed by atoms with Gasteiger partial charge in [0.05, 0.1) is 25.3 Å². The standard InChI is InChI=1S/C22H23N5O/c1-15-20(16(2)24-15)18-12-19-21(23-13-18)25-22(26-8-10-28-11-9-26)27(19)14-17-6-4-3-5-7-17/h3-7,12-13H,8-11,14H2,1-2H3. The Bertz CT molecular complexity index is 1090. The van der Waals surface area contributed by atoms with E-state index in [0.717, 1.165) is 66.9 Å². The Hall–Kier alpha value is -2.99. The molecule has 2 aliphatic rings. The second-order valence-corrected chi connectivity index (χ2v) is 7.31. The molecule has 1 fully saturated rings. The molecular formula is C22H23N5O. The van der Waals surface area contributed by atoms with Crippen LogP contribution in [-0.4, -0.2) is 46.6 Å². The molecular weight excluding hydrogens is 350 g/mol. The number of aliphatic imine (C=N–C) groups is 1. The molecule has 1 aromatic carbocycles. The first-order chi connectivity index (χ1) is 13.7. The number of benzene rings is 1. The summed E-state index contributed by atoms with van der Waals surface area (Å²) in [6, 6.07) is 12.7. The van der Waals surface area contributed by atoms with Crippen LogP contribution in [0, 0.1) is 0 Å². The normalized spacial score (nSPS) is 17.1. The van der Waals surface area contributed by atoms with E-state index in [-0.39, 0.29) is 0 Å². The fraction of sp³-hybridized carbons (Fsp3) is 0.318.